The summed E-state index contributed by atoms with van der Waals surface area (Å²) in [6, 6.07) is 3.67. The number of nitrogens with one attached hydrogen (secondary N) is 3. The minimum Gasteiger partial charge on any atom is -0.485 e. The Balaban J connectivity index is 1.17. The molecule has 0 bridgehead atoms. The van der Waals surface area contributed by atoms with Gasteiger partial charge in [0.2, 0.25) is 5.95 Å². The maximum Gasteiger partial charge on any atom is 0.418 e. The van der Waals surface area contributed by atoms with Crippen LogP contribution in [0, 0.1) is 0 Å². The third-order valence-electron chi connectivity index (χ3n) is 8.30. The largest absolute Gasteiger partial charge is 0.485 e. The molecule has 0 spiro atoms. The summed E-state index contributed by atoms with van der Waals surface area (Å²) < 4.78 is 64.1. The molecular weight excluding hydrogens is 571 g/mol. The minimum absolute atomic E-state index is 0.0322. The number of hydrogen-bond acceptors (Lipinski definition) is 10. The third-order valence-corrected chi connectivity index (χ3v) is 8.30. The van der Waals surface area contributed by atoms with Crippen molar-refractivity contribution in [2.75, 3.05) is 76.5 Å². The first-order chi connectivity index (χ1) is 20.8. The van der Waals surface area contributed by atoms with E-state index in [-0.39, 0.29) is 48.0 Å². The maximum absolute atomic E-state index is 13.8. The van der Waals surface area contributed by atoms with Gasteiger partial charge in [-0.15, -0.1) is 0 Å². The number of aromatic nitrogens is 3. The first-order valence-corrected chi connectivity index (χ1v) is 14.5. The van der Waals surface area contributed by atoms with Gasteiger partial charge < -0.3 is 39.5 Å². The quantitative estimate of drug-likeness (QED) is 0.387. The van der Waals surface area contributed by atoms with Crippen molar-refractivity contribution in [3.8, 4) is 11.5 Å². The summed E-state index contributed by atoms with van der Waals surface area (Å²) in [6.45, 7) is 5.77. The van der Waals surface area contributed by atoms with Gasteiger partial charge in [0.15, 0.2) is 11.5 Å². The van der Waals surface area contributed by atoms with Crippen molar-refractivity contribution < 1.29 is 36.9 Å². The molecule has 4 aliphatic rings. The zero-order chi connectivity index (χ0) is 29.6. The molecule has 3 saturated heterocycles. The number of H-pyrrole nitrogens is 1. The fourth-order valence-corrected chi connectivity index (χ4v) is 5.87. The van der Waals surface area contributed by atoms with Crippen LogP contribution in [-0.2, 0) is 15.7 Å². The Labute approximate surface area is 244 Å². The molecule has 4 aliphatic heterocycles. The Bertz CT molecular complexity index is 1500. The van der Waals surface area contributed by atoms with Gasteiger partial charge in [-0.3, -0.25) is 9.69 Å². The Kier molecular flexibility index (Phi) is 7.39. The van der Waals surface area contributed by atoms with Crippen LogP contribution in [0.1, 0.15) is 28.8 Å². The number of ether oxygens (including phenoxy) is 4. The summed E-state index contributed by atoms with van der Waals surface area (Å²) in [5, 5.41) is 6.14. The van der Waals surface area contributed by atoms with Crippen LogP contribution < -0.4 is 20.1 Å². The van der Waals surface area contributed by atoms with Crippen LogP contribution in [0.2, 0.25) is 0 Å². The van der Waals surface area contributed by atoms with E-state index in [1.165, 1.54) is 0 Å². The summed E-state index contributed by atoms with van der Waals surface area (Å²) in [4.78, 5) is 29.2. The molecule has 7 rings (SSSR count). The molecular formula is C28H32F3N7O5. The standard InChI is InChI=1S/C28H32F3N7O5/c29-28(30,31)19-13-32-24-21(19)25(33-16-3-9-40-10-4-16)36-27(35-24)34-20-2-1-18(22-23(20)43-12-11-42-22)26(39)38-7-5-37(6-8-38)17-14-41-15-17/h1-2,13,16-17H,3-12,14-15H2,(H3,32,33,34,35,36). The number of carbonyl (C=O) groups is 1. The van der Waals surface area contributed by atoms with Crippen LogP contribution in [0.4, 0.5) is 30.6 Å². The molecule has 15 heteroatoms. The number of nitrogens with zero attached hydrogens (tertiary/aromatic N) is 4. The summed E-state index contributed by atoms with van der Waals surface area (Å²) in [6.07, 6.45) is -2.42. The van der Waals surface area contributed by atoms with E-state index in [0.29, 0.717) is 67.9 Å². The number of fused-ring (bicyclic) bond motifs is 2. The van der Waals surface area contributed by atoms with E-state index in [0.717, 1.165) is 32.5 Å². The zero-order valence-electron chi connectivity index (χ0n) is 23.3. The lowest BCUT2D eigenvalue weighted by Gasteiger charge is -2.42. The Hall–Kier alpha value is -3.82. The molecule has 1 aromatic carbocycles. The van der Waals surface area contributed by atoms with Gasteiger partial charge in [0.1, 0.15) is 24.7 Å². The van der Waals surface area contributed by atoms with Crippen molar-refractivity contribution in [1.29, 1.82) is 0 Å². The van der Waals surface area contributed by atoms with Crippen molar-refractivity contribution in [3.63, 3.8) is 0 Å². The molecule has 12 nitrogen and oxygen atoms in total. The fourth-order valence-electron chi connectivity index (χ4n) is 5.87. The smallest absolute Gasteiger partial charge is 0.418 e. The van der Waals surface area contributed by atoms with Gasteiger partial charge in [0.05, 0.1) is 41.5 Å². The highest BCUT2D eigenvalue weighted by Crippen LogP contribution is 2.43. The molecule has 230 valence electrons. The topological polar surface area (TPSA) is 126 Å². The molecule has 3 fully saturated rings. The average Bonchev–Trinajstić information content (AvgIpc) is 3.42. The molecule has 0 aliphatic carbocycles. The van der Waals surface area contributed by atoms with E-state index < -0.39 is 11.7 Å². The first kappa shape index (κ1) is 28.0. The maximum atomic E-state index is 13.8. The molecule has 0 atom stereocenters. The van der Waals surface area contributed by atoms with Gasteiger partial charge in [-0.25, -0.2) is 0 Å². The van der Waals surface area contributed by atoms with Crippen LogP contribution in [0.15, 0.2) is 18.3 Å². The van der Waals surface area contributed by atoms with Crippen LogP contribution in [0.25, 0.3) is 11.0 Å². The van der Waals surface area contributed by atoms with E-state index in [9.17, 15) is 18.0 Å². The lowest BCUT2D eigenvalue weighted by atomic mass is 10.1. The number of aromatic amines is 1. The Morgan fingerprint density at radius 1 is 0.953 bits per heavy atom. The molecule has 43 heavy (non-hydrogen) atoms. The normalized spacial score (nSPS) is 20.2. The summed E-state index contributed by atoms with van der Waals surface area (Å²) in [5.74, 6) is 0.622. The van der Waals surface area contributed by atoms with Crippen molar-refractivity contribution >= 4 is 34.4 Å². The summed E-state index contributed by atoms with van der Waals surface area (Å²) in [7, 11) is 0. The van der Waals surface area contributed by atoms with Gasteiger partial charge in [-0.1, -0.05) is 0 Å². The number of alkyl halides is 3. The highest BCUT2D eigenvalue weighted by atomic mass is 19.4. The summed E-state index contributed by atoms with van der Waals surface area (Å²) >= 11 is 0. The number of carbonyl (C=O) groups excluding carboxylic acids is 1. The van der Waals surface area contributed by atoms with E-state index >= 15 is 0 Å². The highest BCUT2D eigenvalue weighted by Gasteiger charge is 2.37. The van der Waals surface area contributed by atoms with E-state index in [2.05, 4.69) is 30.5 Å². The predicted octanol–water partition coefficient (Wildman–Crippen LogP) is 3.24. The van der Waals surface area contributed by atoms with Gasteiger partial charge in [-0.05, 0) is 25.0 Å². The van der Waals surface area contributed by atoms with Gasteiger partial charge in [-0.2, -0.15) is 23.1 Å². The van der Waals surface area contributed by atoms with E-state index in [4.69, 9.17) is 18.9 Å². The van der Waals surface area contributed by atoms with Crippen LogP contribution in [0.5, 0.6) is 11.5 Å². The number of piperazine rings is 1. The van der Waals surface area contributed by atoms with Gasteiger partial charge >= 0.3 is 6.18 Å². The number of benzene rings is 1. The number of anilines is 3. The van der Waals surface area contributed by atoms with Crippen molar-refractivity contribution in [3.05, 3.63) is 29.5 Å². The van der Waals surface area contributed by atoms with Gasteiger partial charge in [0, 0.05) is 51.6 Å². The Morgan fingerprint density at radius 2 is 1.70 bits per heavy atom. The van der Waals surface area contributed by atoms with Crippen molar-refractivity contribution in [1.82, 2.24) is 24.8 Å². The second kappa shape index (κ2) is 11.4. The van der Waals surface area contributed by atoms with Crippen molar-refractivity contribution in [2.45, 2.75) is 31.1 Å². The minimum atomic E-state index is -4.59. The number of rotatable bonds is 6. The predicted molar refractivity (Wildman–Crippen MR) is 149 cm³/mol. The second-order valence-corrected chi connectivity index (χ2v) is 11.0. The second-order valence-electron chi connectivity index (χ2n) is 11.0. The first-order valence-electron chi connectivity index (χ1n) is 14.5. The SMILES string of the molecule is O=C(c1ccc(Nc2nc(NC3CCOCC3)c3c(C(F)(F)F)c[nH]c3n2)c2c1OCCO2)N1CCN(C2COC2)CC1. The fraction of sp³-hybridized carbons (Fsp3) is 0.536. The highest BCUT2D eigenvalue weighted by molar-refractivity contribution is 5.99. The Morgan fingerprint density at radius 3 is 2.40 bits per heavy atom. The lowest BCUT2D eigenvalue weighted by molar-refractivity contribution is -0.136. The molecule has 3 aromatic rings. The molecule has 1 amide bonds. The van der Waals surface area contributed by atoms with E-state index in [1.54, 1.807) is 12.1 Å². The molecule has 0 saturated carbocycles. The average molecular weight is 604 g/mol. The van der Waals surface area contributed by atoms with Crippen LogP contribution in [-0.4, -0.2) is 109 Å². The van der Waals surface area contributed by atoms with Crippen LogP contribution >= 0.6 is 0 Å². The van der Waals surface area contributed by atoms with Gasteiger partial charge in [0.25, 0.3) is 5.91 Å². The third kappa shape index (κ3) is 5.52. The monoisotopic (exact) mass is 603 g/mol. The van der Waals surface area contributed by atoms with Crippen molar-refractivity contribution in [2.24, 2.45) is 0 Å². The van der Waals surface area contributed by atoms with Crippen LogP contribution in [0.3, 0.4) is 0 Å². The molecule has 0 unspecified atom stereocenters. The zero-order valence-corrected chi connectivity index (χ0v) is 23.3. The number of amides is 1. The lowest BCUT2D eigenvalue weighted by Crippen LogP contribution is -2.57. The number of hydrogen-bond donors (Lipinski definition) is 3. The molecule has 2 aromatic heterocycles. The number of halogens is 3. The molecule has 6 heterocycles. The van der Waals surface area contributed by atoms with E-state index in [1.807, 2.05) is 4.90 Å². The summed E-state index contributed by atoms with van der Waals surface area (Å²) in [5.41, 5.74) is 0.00499. The molecule has 0 radical (unpaired) electrons. The molecule has 3 N–H and O–H groups in total.